The SMILES string of the molecule is CO[C@@H](C(=O)c1cc(-c2cccc(C)c2)c(CCCOC[C@@H](CO)OCc2ccccc2)o1)C(=O)N1C(=O)OC[C@@H]1Cc1ccccc1. The molecule has 0 saturated carbocycles. The van der Waals surface area contributed by atoms with Gasteiger partial charge >= 0.3 is 6.09 Å². The Hall–Kier alpha value is -4.61. The van der Waals surface area contributed by atoms with E-state index in [1.54, 1.807) is 6.07 Å². The Balaban J connectivity index is 1.26. The van der Waals surface area contributed by atoms with Gasteiger partial charge < -0.3 is 28.5 Å². The minimum atomic E-state index is -1.60. The second kappa shape index (κ2) is 17.0. The molecule has 3 aromatic carbocycles. The number of Topliss-reactive ketones (excluding diaryl/α,β-unsaturated/α-hetero) is 1. The highest BCUT2D eigenvalue weighted by molar-refractivity contribution is 6.14. The summed E-state index contributed by atoms with van der Waals surface area (Å²) < 4.78 is 28.3. The number of imide groups is 1. The van der Waals surface area contributed by atoms with Crippen molar-refractivity contribution in [3.05, 3.63) is 119 Å². The van der Waals surface area contributed by atoms with Crippen molar-refractivity contribution in [3.63, 3.8) is 0 Å². The molecule has 0 aliphatic carbocycles. The van der Waals surface area contributed by atoms with E-state index in [-0.39, 0.29) is 25.6 Å². The summed E-state index contributed by atoms with van der Waals surface area (Å²) in [6, 6.07) is 28.0. The predicted octanol–water partition coefficient (Wildman–Crippen LogP) is 5.57. The molecule has 1 aliphatic heterocycles. The molecule has 2 heterocycles. The zero-order chi connectivity index (χ0) is 33.9. The maximum Gasteiger partial charge on any atom is 0.417 e. The zero-order valence-electron chi connectivity index (χ0n) is 27.2. The highest BCUT2D eigenvalue weighted by Gasteiger charge is 2.44. The van der Waals surface area contributed by atoms with Gasteiger partial charge in [0.15, 0.2) is 5.76 Å². The maximum absolute atomic E-state index is 13.8. The van der Waals surface area contributed by atoms with Gasteiger partial charge in [-0.15, -0.1) is 0 Å². The van der Waals surface area contributed by atoms with Crippen LogP contribution in [0.25, 0.3) is 11.1 Å². The summed E-state index contributed by atoms with van der Waals surface area (Å²) in [6.45, 7) is 2.78. The van der Waals surface area contributed by atoms with E-state index in [1.807, 2.05) is 91.9 Å². The normalized spacial score (nSPS) is 15.7. The molecule has 0 radical (unpaired) electrons. The Bertz CT molecular complexity index is 1650. The summed E-state index contributed by atoms with van der Waals surface area (Å²) >= 11 is 0. The first kappa shape index (κ1) is 34.7. The number of benzene rings is 3. The number of ketones is 1. The number of methoxy groups -OCH3 is 1. The van der Waals surface area contributed by atoms with E-state index in [1.165, 1.54) is 7.11 Å². The molecule has 2 amide bonds. The summed E-state index contributed by atoms with van der Waals surface area (Å²) in [5.41, 5.74) is 4.53. The number of hydrogen-bond acceptors (Lipinski definition) is 9. The van der Waals surface area contributed by atoms with E-state index in [2.05, 4.69) is 0 Å². The number of rotatable bonds is 17. The molecular formula is C38H41NO9. The Morgan fingerprint density at radius 3 is 2.40 bits per heavy atom. The van der Waals surface area contributed by atoms with Gasteiger partial charge in [0.05, 0.1) is 25.9 Å². The number of hydrogen-bond donors (Lipinski definition) is 1. The Morgan fingerprint density at radius 1 is 0.979 bits per heavy atom. The number of cyclic esters (lactones) is 1. The van der Waals surface area contributed by atoms with E-state index in [0.717, 1.165) is 27.2 Å². The Morgan fingerprint density at radius 2 is 1.71 bits per heavy atom. The van der Waals surface area contributed by atoms with Crippen LogP contribution in [0.3, 0.4) is 0 Å². The standard InChI is InChI=1S/C38H41NO9/c1-26-11-9-16-29(19-26)32-21-34(48-33(32)17-10-18-45-25-31(22-40)46-23-28-14-7-4-8-15-28)35(41)36(44-2)37(42)39-30(24-47-38(39)43)20-27-12-5-3-6-13-27/h3-9,11-16,19,21,30-31,36,40H,10,17-18,20,22-25H2,1-2H3/t30-,31+,36-/m0/s1. The van der Waals surface area contributed by atoms with Crippen molar-refractivity contribution in [2.75, 3.05) is 33.5 Å². The zero-order valence-corrected chi connectivity index (χ0v) is 27.2. The van der Waals surface area contributed by atoms with Crippen LogP contribution in [0.1, 0.15) is 39.4 Å². The molecule has 10 heteroatoms. The molecule has 3 atom stereocenters. The fourth-order valence-electron chi connectivity index (χ4n) is 5.63. The first-order valence-corrected chi connectivity index (χ1v) is 16.0. The van der Waals surface area contributed by atoms with Crippen LogP contribution in [0.5, 0.6) is 0 Å². The average Bonchev–Trinajstić information content (AvgIpc) is 3.70. The molecular weight excluding hydrogens is 614 g/mol. The fourth-order valence-corrected chi connectivity index (χ4v) is 5.63. The van der Waals surface area contributed by atoms with Crippen LogP contribution in [0.2, 0.25) is 0 Å². The van der Waals surface area contributed by atoms with E-state index >= 15 is 0 Å². The molecule has 48 heavy (non-hydrogen) atoms. The number of furan rings is 1. The van der Waals surface area contributed by atoms with Gasteiger partial charge in [0.25, 0.3) is 5.91 Å². The van der Waals surface area contributed by atoms with Crippen molar-refractivity contribution in [2.45, 2.75) is 51.0 Å². The predicted molar refractivity (Wildman–Crippen MR) is 177 cm³/mol. The van der Waals surface area contributed by atoms with Crippen molar-refractivity contribution in [2.24, 2.45) is 0 Å². The summed E-state index contributed by atoms with van der Waals surface area (Å²) in [6.07, 6.45) is -1.51. The summed E-state index contributed by atoms with van der Waals surface area (Å²) in [5.74, 6) is -0.999. The van der Waals surface area contributed by atoms with Gasteiger partial charge in [-0.05, 0) is 42.5 Å². The van der Waals surface area contributed by atoms with E-state index in [0.29, 0.717) is 43.8 Å². The summed E-state index contributed by atoms with van der Waals surface area (Å²) in [4.78, 5) is 41.1. The van der Waals surface area contributed by atoms with Crippen LogP contribution < -0.4 is 0 Å². The first-order chi connectivity index (χ1) is 23.4. The van der Waals surface area contributed by atoms with Crippen LogP contribution in [-0.4, -0.2) is 79.6 Å². The molecule has 0 unspecified atom stereocenters. The van der Waals surface area contributed by atoms with Crippen LogP contribution in [0.4, 0.5) is 4.79 Å². The number of carbonyl (C=O) groups is 3. The number of carbonyl (C=O) groups excluding carboxylic acids is 3. The van der Waals surface area contributed by atoms with Gasteiger partial charge in [-0.25, -0.2) is 9.69 Å². The van der Waals surface area contributed by atoms with E-state index in [9.17, 15) is 19.5 Å². The number of nitrogens with zero attached hydrogens (tertiary/aromatic N) is 1. The molecule has 252 valence electrons. The van der Waals surface area contributed by atoms with Crippen molar-refractivity contribution in [1.82, 2.24) is 4.90 Å². The third kappa shape index (κ3) is 8.84. The van der Waals surface area contributed by atoms with Gasteiger partial charge in [-0.2, -0.15) is 0 Å². The highest BCUT2D eigenvalue weighted by atomic mass is 16.6. The largest absolute Gasteiger partial charge is 0.457 e. The second-order valence-corrected chi connectivity index (χ2v) is 11.7. The van der Waals surface area contributed by atoms with E-state index in [4.69, 9.17) is 23.4 Å². The van der Waals surface area contributed by atoms with E-state index < -0.39 is 36.0 Å². The lowest BCUT2D eigenvalue weighted by Gasteiger charge is -2.23. The lowest BCUT2D eigenvalue weighted by molar-refractivity contribution is -0.137. The van der Waals surface area contributed by atoms with Crippen molar-refractivity contribution in [3.8, 4) is 11.1 Å². The molecule has 1 aliphatic rings. The molecule has 1 aromatic heterocycles. The quantitative estimate of drug-likeness (QED) is 0.0883. The van der Waals surface area contributed by atoms with Crippen LogP contribution >= 0.6 is 0 Å². The van der Waals surface area contributed by atoms with Crippen LogP contribution in [0.15, 0.2) is 95.4 Å². The van der Waals surface area contributed by atoms with Gasteiger partial charge in [0.1, 0.15) is 18.5 Å². The number of aryl methyl sites for hydroxylation is 2. The number of ether oxygens (including phenoxy) is 4. The number of aliphatic hydroxyl groups excluding tert-OH is 1. The smallest absolute Gasteiger partial charge is 0.417 e. The Labute approximate surface area is 280 Å². The highest BCUT2D eigenvalue weighted by Crippen LogP contribution is 2.31. The minimum Gasteiger partial charge on any atom is -0.457 e. The number of aliphatic hydroxyl groups is 1. The van der Waals surface area contributed by atoms with Crippen molar-refractivity contribution in [1.29, 1.82) is 0 Å². The van der Waals surface area contributed by atoms with Crippen molar-refractivity contribution < 1.29 is 42.9 Å². The van der Waals surface area contributed by atoms with Gasteiger partial charge in [-0.3, -0.25) is 9.59 Å². The molecule has 1 N–H and O–H groups in total. The first-order valence-electron chi connectivity index (χ1n) is 16.0. The molecule has 5 rings (SSSR count). The fraction of sp³-hybridized carbons (Fsp3) is 0.342. The molecule has 10 nitrogen and oxygen atoms in total. The number of amides is 2. The van der Waals surface area contributed by atoms with Crippen LogP contribution in [-0.2, 0) is 43.2 Å². The third-order valence-corrected chi connectivity index (χ3v) is 8.12. The monoisotopic (exact) mass is 655 g/mol. The molecule has 1 fully saturated rings. The van der Waals surface area contributed by atoms with Gasteiger partial charge in [0.2, 0.25) is 11.9 Å². The minimum absolute atomic E-state index is 0.0206. The third-order valence-electron chi connectivity index (χ3n) is 8.12. The summed E-state index contributed by atoms with van der Waals surface area (Å²) in [5, 5.41) is 9.73. The van der Waals surface area contributed by atoms with Gasteiger partial charge in [0, 0.05) is 25.7 Å². The molecule has 0 bridgehead atoms. The lowest BCUT2D eigenvalue weighted by Crippen LogP contribution is -2.48. The second-order valence-electron chi connectivity index (χ2n) is 11.7. The molecule has 0 spiro atoms. The Kier molecular flexibility index (Phi) is 12.3. The molecule has 4 aromatic rings. The van der Waals surface area contributed by atoms with Crippen molar-refractivity contribution >= 4 is 17.8 Å². The van der Waals surface area contributed by atoms with Gasteiger partial charge in [-0.1, -0.05) is 90.5 Å². The lowest BCUT2D eigenvalue weighted by atomic mass is 10.0. The molecule has 1 saturated heterocycles. The van der Waals surface area contributed by atoms with Crippen LogP contribution in [0, 0.1) is 6.92 Å². The maximum atomic E-state index is 13.8. The average molecular weight is 656 g/mol. The topological polar surface area (TPSA) is 125 Å². The summed E-state index contributed by atoms with van der Waals surface area (Å²) in [7, 11) is 1.25.